The van der Waals surface area contributed by atoms with Crippen LogP contribution < -0.4 is 9.64 Å². The van der Waals surface area contributed by atoms with Gasteiger partial charge in [-0.25, -0.2) is 4.39 Å². The van der Waals surface area contributed by atoms with E-state index >= 15 is 0 Å². The summed E-state index contributed by atoms with van der Waals surface area (Å²) in [5.41, 5.74) is 0.969. The number of nitrogens with zero attached hydrogens (tertiary/aromatic N) is 1. The lowest BCUT2D eigenvalue weighted by molar-refractivity contribution is -0.132. The van der Waals surface area contributed by atoms with E-state index in [1.54, 1.807) is 24.3 Å². The standard InChI is InChI=1S/C24H16Cl2FNO4/c1-32-17-9-2-13(3-10-17)21-20(22(29)14-4-11-18(25)19(26)12-14)23(30)24(31)28(21)16-7-5-15(27)6-8-16/h2-12,21,29H,1H3/b22-20-. The van der Waals surface area contributed by atoms with Crippen molar-refractivity contribution in [3.63, 3.8) is 0 Å². The third-order valence-electron chi connectivity index (χ3n) is 5.17. The van der Waals surface area contributed by atoms with Crippen molar-refractivity contribution in [2.75, 3.05) is 12.0 Å². The number of rotatable bonds is 4. The first-order valence-corrected chi connectivity index (χ1v) is 10.2. The fourth-order valence-electron chi connectivity index (χ4n) is 3.60. The minimum absolute atomic E-state index is 0.122. The number of ketones is 1. The average Bonchev–Trinajstić information content (AvgIpc) is 3.06. The van der Waals surface area contributed by atoms with Crippen molar-refractivity contribution in [2.45, 2.75) is 6.04 Å². The van der Waals surface area contributed by atoms with Crippen LogP contribution in [0.1, 0.15) is 17.2 Å². The van der Waals surface area contributed by atoms with Gasteiger partial charge in [0, 0.05) is 11.3 Å². The van der Waals surface area contributed by atoms with Gasteiger partial charge < -0.3 is 9.84 Å². The van der Waals surface area contributed by atoms with Crippen molar-refractivity contribution in [2.24, 2.45) is 0 Å². The maximum absolute atomic E-state index is 13.5. The summed E-state index contributed by atoms with van der Waals surface area (Å²) in [7, 11) is 1.52. The number of Topliss-reactive ketones (excluding diaryl/α,β-unsaturated/α-hetero) is 1. The molecule has 32 heavy (non-hydrogen) atoms. The molecule has 3 aromatic rings. The van der Waals surface area contributed by atoms with Gasteiger partial charge in [0.05, 0.1) is 28.8 Å². The van der Waals surface area contributed by atoms with Gasteiger partial charge in [-0.05, 0) is 60.2 Å². The summed E-state index contributed by atoms with van der Waals surface area (Å²) in [5.74, 6) is -2.02. The van der Waals surface area contributed by atoms with E-state index in [0.717, 1.165) is 0 Å². The molecule has 0 spiro atoms. The number of ether oxygens (including phenoxy) is 1. The van der Waals surface area contributed by atoms with E-state index < -0.39 is 29.3 Å². The normalized spacial score (nSPS) is 17.6. The van der Waals surface area contributed by atoms with Crippen LogP contribution in [0.25, 0.3) is 5.76 Å². The van der Waals surface area contributed by atoms with E-state index in [4.69, 9.17) is 27.9 Å². The van der Waals surface area contributed by atoms with Crippen LogP contribution in [0.3, 0.4) is 0 Å². The van der Waals surface area contributed by atoms with Gasteiger partial charge in [-0.3, -0.25) is 14.5 Å². The monoisotopic (exact) mass is 471 g/mol. The quantitative estimate of drug-likeness (QED) is 0.298. The number of hydrogen-bond acceptors (Lipinski definition) is 4. The molecule has 1 aliphatic heterocycles. The largest absolute Gasteiger partial charge is 0.507 e. The second kappa shape index (κ2) is 8.65. The molecule has 1 fully saturated rings. The van der Waals surface area contributed by atoms with Gasteiger partial charge in [0.25, 0.3) is 11.7 Å². The molecule has 1 saturated heterocycles. The number of halogens is 3. The van der Waals surface area contributed by atoms with E-state index in [1.165, 1.54) is 54.5 Å². The number of carbonyl (C=O) groups is 2. The maximum atomic E-state index is 13.5. The summed E-state index contributed by atoms with van der Waals surface area (Å²) in [6.45, 7) is 0. The summed E-state index contributed by atoms with van der Waals surface area (Å²) in [6, 6.07) is 15.4. The topological polar surface area (TPSA) is 66.8 Å². The Kier molecular flexibility index (Phi) is 5.91. The van der Waals surface area contributed by atoms with E-state index in [0.29, 0.717) is 17.0 Å². The molecule has 0 radical (unpaired) electrons. The van der Waals surface area contributed by atoms with Crippen LogP contribution in [-0.4, -0.2) is 23.9 Å². The Morgan fingerprint density at radius 3 is 2.22 bits per heavy atom. The Labute approximate surface area is 193 Å². The lowest BCUT2D eigenvalue weighted by Gasteiger charge is -2.25. The molecule has 0 aromatic heterocycles. The van der Waals surface area contributed by atoms with Gasteiger partial charge in [-0.1, -0.05) is 35.3 Å². The van der Waals surface area contributed by atoms with Gasteiger partial charge in [-0.2, -0.15) is 0 Å². The molecule has 1 N–H and O–H groups in total. The molecule has 1 atom stereocenters. The molecule has 0 saturated carbocycles. The highest BCUT2D eigenvalue weighted by atomic mass is 35.5. The van der Waals surface area contributed by atoms with Crippen LogP contribution in [0.15, 0.2) is 72.3 Å². The average molecular weight is 472 g/mol. The first kappa shape index (κ1) is 21.9. The molecule has 8 heteroatoms. The fraction of sp³-hybridized carbons (Fsp3) is 0.0833. The molecule has 162 valence electrons. The number of methoxy groups -OCH3 is 1. The van der Waals surface area contributed by atoms with Crippen molar-refractivity contribution in [1.29, 1.82) is 0 Å². The minimum Gasteiger partial charge on any atom is -0.507 e. The predicted molar refractivity (Wildman–Crippen MR) is 121 cm³/mol. The molecule has 3 aromatic carbocycles. The van der Waals surface area contributed by atoms with E-state index in [1.807, 2.05) is 0 Å². The van der Waals surface area contributed by atoms with E-state index in [2.05, 4.69) is 0 Å². The van der Waals surface area contributed by atoms with Crippen molar-refractivity contribution in [3.05, 3.63) is 99.3 Å². The Bertz CT molecular complexity index is 1240. The SMILES string of the molecule is COc1ccc(C2/C(=C(/O)c3ccc(Cl)c(Cl)c3)C(=O)C(=O)N2c2ccc(F)cc2)cc1. The summed E-state index contributed by atoms with van der Waals surface area (Å²) in [4.78, 5) is 27.3. The Balaban J connectivity index is 1.93. The third-order valence-corrected chi connectivity index (χ3v) is 5.91. The van der Waals surface area contributed by atoms with Gasteiger partial charge in [0.2, 0.25) is 0 Å². The number of carbonyl (C=O) groups excluding carboxylic acids is 2. The second-order valence-corrected chi connectivity index (χ2v) is 7.86. The molecular formula is C24H16Cl2FNO4. The number of aliphatic hydroxyl groups is 1. The molecule has 1 heterocycles. The van der Waals surface area contributed by atoms with Crippen LogP contribution in [0.2, 0.25) is 10.0 Å². The summed E-state index contributed by atoms with van der Waals surface area (Å²) in [6.07, 6.45) is 0. The number of amides is 1. The molecule has 5 nitrogen and oxygen atoms in total. The van der Waals surface area contributed by atoms with Gasteiger partial charge >= 0.3 is 0 Å². The molecule has 0 bridgehead atoms. The van der Waals surface area contributed by atoms with Gasteiger partial charge in [0.15, 0.2) is 0 Å². The van der Waals surface area contributed by atoms with Crippen LogP contribution in [0, 0.1) is 5.82 Å². The van der Waals surface area contributed by atoms with Gasteiger partial charge in [0.1, 0.15) is 17.3 Å². The van der Waals surface area contributed by atoms with Crippen LogP contribution in [0.5, 0.6) is 5.75 Å². The smallest absolute Gasteiger partial charge is 0.300 e. The highest BCUT2D eigenvalue weighted by molar-refractivity contribution is 6.51. The van der Waals surface area contributed by atoms with Crippen LogP contribution >= 0.6 is 23.2 Å². The van der Waals surface area contributed by atoms with Crippen molar-refractivity contribution in [1.82, 2.24) is 0 Å². The Hall–Kier alpha value is -3.35. The summed E-state index contributed by atoms with van der Waals surface area (Å²) in [5, 5.41) is 11.5. The van der Waals surface area contributed by atoms with E-state index in [9.17, 15) is 19.1 Å². The van der Waals surface area contributed by atoms with Crippen molar-refractivity contribution < 1.29 is 23.8 Å². The number of aliphatic hydroxyl groups excluding tert-OH is 1. The summed E-state index contributed by atoms with van der Waals surface area (Å²) >= 11 is 12.0. The van der Waals surface area contributed by atoms with Crippen molar-refractivity contribution in [3.8, 4) is 5.75 Å². The fourth-order valence-corrected chi connectivity index (χ4v) is 3.90. The second-order valence-electron chi connectivity index (χ2n) is 7.05. The zero-order chi connectivity index (χ0) is 23.0. The van der Waals surface area contributed by atoms with Gasteiger partial charge in [-0.15, -0.1) is 0 Å². The number of benzene rings is 3. The first-order valence-electron chi connectivity index (χ1n) is 9.47. The molecule has 1 unspecified atom stereocenters. The number of hydrogen-bond donors (Lipinski definition) is 1. The molecule has 0 aliphatic carbocycles. The molecular weight excluding hydrogens is 456 g/mol. The van der Waals surface area contributed by atoms with Crippen LogP contribution in [0.4, 0.5) is 10.1 Å². The summed E-state index contributed by atoms with van der Waals surface area (Å²) < 4.78 is 18.7. The Morgan fingerprint density at radius 1 is 0.969 bits per heavy atom. The highest BCUT2D eigenvalue weighted by Gasteiger charge is 2.47. The molecule has 1 amide bonds. The first-order chi connectivity index (χ1) is 15.3. The Morgan fingerprint density at radius 2 is 1.62 bits per heavy atom. The third kappa shape index (κ3) is 3.83. The zero-order valence-electron chi connectivity index (χ0n) is 16.7. The zero-order valence-corrected chi connectivity index (χ0v) is 18.2. The van der Waals surface area contributed by atoms with Crippen molar-refractivity contribution >= 4 is 46.3 Å². The lowest BCUT2D eigenvalue weighted by Crippen LogP contribution is -2.29. The van der Waals surface area contributed by atoms with E-state index in [-0.39, 0.29) is 21.2 Å². The highest BCUT2D eigenvalue weighted by Crippen LogP contribution is 2.42. The molecule has 1 aliphatic rings. The lowest BCUT2D eigenvalue weighted by atomic mass is 9.95. The number of anilines is 1. The molecule has 4 rings (SSSR count). The van der Waals surface area contributed by atoms with Crippen LogP contribution in [-0.2, 0) is 9.59 Å². The maximum Gasteiger partial charge on any atom is 0.300 e. The predicted octanol–water partition coefficient (Wildman–Crippen LogP) is 5.77. The minimum atomic E-state index is -0.958.